The van der Waals surface area contributed by atoms with Crippen molar-refractivity contribution in [1.29, 1.82) is 0 Å². The molecule has 1 aliphatic heterocycles. The Bertz CT molecular complexity index is 144. The van der Waals surface area contributed by atoms with Crippen molar-refractivity contribution in [3.05, 3.63) is 0 Å². The number of rotatable bonds is 2. The van der Waals surface area contributed by atoms with E-state index in [9.17, 15) is 0 Å². The molecule has 0 bridgehead atoms. The molecule has 2 fully saturated rings. The third kappa shape index (κ3) is 1.27. The van der Waals surface area contributed by atoms with Crippen LogP contribution in [0.4, 0.5) is 0 Å². The fourth-order valence-corrected chi connectivity index (χ4v) is 3.00. The Morgan fingerprint density at radius 2 is 2.00 bits per heavy atom. The van der Waals surface area contributed by atoms with E-state index < -0.39 is 0 Å². The monoisotopic (exact) mass is 168 g/mol. The number of hydrogen-bond donors (Lipinski definition) is 2. The fourth-order valence-electron chi connectivity index (χ4n) is 3.00. The Morgan fingerprint density at radius 1 is 1.25 bits per heavy atom. The molecule has 1 saturated carbocycles. The highest BCUT2D eigenvalue weighted by Crippen LogP contribution is 2.38. The first-order valence-corrected chi connectivity index (χ1v) is 5.32. The predicted molar refractivity (Wildman–Crippen MR) is 51.0 cm³/mol. The van der Waals surface area contributed by atoms with Crippen LogP contribution in [0.25, 0.3) is 0 Å². The maximum atomic E-state index is 5.89. The van der Waals surface area contributed by atoms with E-state index in [1.807, 2.05) is 0 Å². The molecular formula is C10H20N2. The summed E-state index contributed by atoms with van der Waals surface area (Å²) in [5.41, 5.74) is 6.23. The van der Waals surface area contributed by atoms with E-state index in [1.54, 1.807) is 0 Å². The Kier molecular flexibility index (Phi) is 2.37. The van der Waals surface area contributed by atoms with Crippen LogP contribution in [0.2, 0.25) is 0 Å². The zero-order chi connectivity index (χ0) is 8.44. The van der Waals surface area contributed by atoms with Crippen molar-refractivity contribution in [2.75, 3.05) is 13.1 Å². The average Bonchev–Trinajstić information content (AvgIpc) is 2.76. The first kappa shape index (κ1) is 8.52. The Balaban J connectivity index is 2.04. The number of nitrogens with two attached hydrogens (primary N) is 1. The maximum absolute atomic E-state index is 5.89. The van der Waals surface area contributed by atoms with Crippen molar-refractivity contribution in [2.45, 2.75) is 44.1 Å². The Labute approximate surface area is 74.9 Å². The molecule has 0 amide bonds. The summed E-state index contributed by atoms with van der Waals surface area (Å²) in [5.74, 6) is 0.880. The van der Waals surface area contributed by atoms with Crippen molar-refractivity contribution in [1.82, 2.24) is 5.32 Å². The van der Waals surface area contributed by atoms with Gasteiger partial charge >= 0.3 is 0 Å². The third-order valence-electron chi connectivity index (χ3n) is 3.78. The van der Waals surface area contributed by atoms with Crippen LogP contribution in [0.5, 0.6) is 0 Å². The van der Waals surface area contributed by atoms with Gasteiger partial charge in [0, 0.05) is 12.1 Å². The van der Waals surface area contributed by atoms with Crippen molar-refractivity contribution >= 4 is 0 Å². The molecule has 12 heavy (non-hydrogen) atoms. The molecule has 70 valence electrons. The molecule has 1 saturated heterocycles. The molecule has 1 unspecified atom stereocenters. The zero-order valence-corrected chi connectivity index (χ0v) is 7.81. The van der Waals surface area contributed by atoms with Crippen molar-refractivity contribution in [3.8, 4) is 0 Å². The van der Waals surface area contributed by atoms with Crippen molar-refractivity contribution in [2.24, 2.45) is 11.7 Å². The van der Waals surface area contributed by atoms with Gasteiger partial charge in [0.25, 0.3) is 0 Å². The number of hydrogen-bond acceptors (Lipinski definition) is 2. The van der Waals surface area contributed by atoms with Crippen LogP contribution in [-0.2, 0) is 0 Å². The highest BCUT2D eigenvalue weighted by Gasteiger charge is 2.40. The Hall–Kier alpha value is -0.0800. The Morgan fingerprint density at radius 3 is 2.50 bits per heavy atom. The van der Waals surface area contributed by atoms with Gasteiger partial charge in [-0.2, -0.15) is 0 Å². The second-order valence-corrected chi connectivity index (χ2v) is 4.37. The first-order valence-electron chi connectivity index (χ1n) is 5.32. The normalized spacial score (nSPS) is 37.8. The summed E-state index contributed by atoms with van der Waals surface area (Å²) in [7, 11) is 0. The maximum Gasteiger partial charge on any atom is 0.0332 e. The molecule has 0 spiro atoms. The molecule has 0 radical (unpaired) electrons. The van der Waals surface area contributed by atoms with Crippen molar-refractivity contribution in [3.63, 3.8) is 0 Å². The van der Waals surface area contributed by atoms with E-state index >= 15 is 0 Å². The smallest absolute Gasteiger partial charge is 0.0332 e. The van der Waals surface area contributed by atoms with E-state index in [-0.39, 0.29) is 0 Å². The zero-order valence-electron chi connectivity index (χ0n) is 7.81. The standard InChI is InChI=1S/C10H20N2/c11-8-10(6-3-7-12-10)9-4-1-2-5-9/h9,12H,1-8,11H2. The van der Waals surface area contributed by atoms with Crippen LogP contribution in [-0.4, -0.2) is 18.6 Å². The van der Waals surface area contributed by atoms with Crippen LogP contribution >= 0.6 is 0 Å². The van der Waals surface area contributed by atoms with Gasteiger partial charge in [0.2, 0.25) is 0 Å². The largest absolute Gasteiger partial charge is 0.329 e. The van der Waals surface area contributed by atoms with Gasteiger partial charge in [0.05, 0.1) is 0 Å². The van der Waals surface area contributed by atoms with E-state index in [2.05, 4.69) is 5.32 Å². The minimum Gasteiger partial charge on any atom is -0.329 e. The van der Waals surface area contributed by atoms with E-state index in [1.165, 1.54) is 45.1 Å². The molecule has 1 heterocycles. The van der Waals surface area contributed by atoms with E-state index in [4.69, 9.17) is 5.73 Å². The summed E-state index contributed by atoms with van der Waals surface area (Å²) in [6.07, 6.45) is 8.30. The quantitative estimate of drug-likeness (QED) is 0.651. The summed E-state index contributed by atoms with van der Waals surface area (Å²) in [6, 6.07) is 0. The summed E-state index contributed by atoms with van der Waals surface area (Å²) >= 11 is 0. The van der Waals surface area contributed by atoms with Gasteiger partial charge < -0.3 is 11.1 Å². The summed E-state index contributed by atoms with van der Waals surface area (Å²) in [4.78, 5) is 0. The van der Waals surface area contributed by atoms with Gasteiger partial charge in [-0.1, -0.05) is 12.8 Å². The molecule has 3 N–H and O–H groups in total. The van der Waals surface area contributed by atoms with Crippen molar-refractivity contribution < 1.29 is 0 Å². The molecule has 2 nitrogen and oxygen atoms in total. The van der Waals surface area contributed by atoms with E-state index in [0.29, 0.717) is 5.54 Å². The minimum atomic E-state index is 0.344. The van der Waals surface area contributed by atoms with Crippen LogP contribution in [0.3, 0.4) is 0 Å². The molecule has 2 heteroatoms. The highest BCUT2D eigenvalue weighted by atomic mass is 15.0. The van der Waals surface area contributed by atoms with Gasteiger partial charge in [-0.3, -0.25) is 0 Å². The molecule has 2 aliphatic rings. The van der Waals surface area contributed by atoms with Gasteiger partial charge in [-0.15, -0.1) is 0 Å². The van der Waals surface area contributed by atoms with Gasteiger partial charge in [0.1, 0.15) is 0 Å². The SMILES string of the molecule is NCC1(C2CCCC2)CCCN1. The molecule has 1 atom stereocenters. The summed E-state index contributed by atoms with van der Waals surface area (Å²) in [5, 5.41) is 3.64. The molecule has 2 rings (SSSR count). The lowest BCUT2D eigenvalue weighted by Crippen LogP contribution is -2.51. The lowest BCUT2D eigenvalue weighted by molar-refractivity contribution is 0.249. The van der Waals surface area contributed by atoms with Crippen LogP contribution in [0.15, 0.2) is 0 Å². The molecule has 0 aromatic rings. The lowest BCUT2D eigenvalue weighted by atomic mass is 9.81. The molecule has 0 aromatic carbocycles. The third-order valence-corrected chi connectivity index (χ3v) is 3.78. The average molecular weight is 168 g/mol. The van der Waals surface area contributed by atoms with Crippen LogP contribution < -0.4 is 11.1 Å². The van der Waals surface area contributed by atoms with E-state index in [0.717, 1.165) is 12.5 Å². The lowest BCUT2D eigenvalue weighted by Gasteiger charge is -2.34. The van der Waals surface area contributed by atoms with Gasteiger partial charge in [-0.25, -0.2) is 0 Å². The van der Waals surface area contributed by atoms with Crippen LogP contribution in [0, 0.1) is 5.92 Å². The topological polar surface area (TPSA) is 38.0 Å². The second kappa shape index (κ2) is 3.35. The first-order chi connectivity index (χ1) is 5.87. The predicted octanol–water partition coefficient (Wildman–Crippen LogP) is 1.26. The van der Waals surface area contributed by atoms with Gasteiger partial charge in [0.15, 0.2) is 0 Å². The minimum absolute atomic E-state index is 0.344. The summed E-state index contributed by atoms with van der Waals surface area (Å²) in [6.45, 7) is 2.03. The highest BCUT2D eigenvalue weighted by molar-refractivity contribution is 5.00. The molecular weight excluding hydrogens is 148 g/mol. The summed E-state index contributed by atoms with van der Waals surface area (Å²) < 4.78 is 0. The van der Waals surface area contributed by atoms with Gasteiger partial charge in [-0.05, 0) is 38.1 Å². The fraction of sp³-hybridized carbons (Fsp3) is 1.00. The molecule has 1 aliphatic carbocycles. The number of nitrogens with one attached hydrogen (secondary N) is 1. The molecule has 0 aromatic heterocycles. The second-order valence-electron chi connectivity index (χ2n) is 4.37. The van der Waals surface area contributed by atoms with Crippen LogP contribution in [0.1, 0.15) is 38.5 Å².